The molecule has 2 aromatic heterocycles. The summed E-state index contributed by atoms with van der Waals surface area (Å²) in [6, 6.07) is 11.9. The Kier molecular flexibility index (Phi) is 3.75. The lowest BCUT2D eigenvalue weighted by molar-refractivity contribution is 0.889. The molecule has 0 aliphatic rings. The van der Waals surface area contributed by atoms with Gasteiger partial charge in [-0.15, -0.1) is 0 Å². The van der Waals surface area contributed by atoms with Gasteiger partial charge in [0.2, 0.25) is 0 Å². The highest BCUT2D eigenvalue weighted by molar-refractivity contribution is 9.10. The Bertz CT molecular complexity index is 769. The van der Waals surface area contributed by atoms with Crippen molar-refractivity contribution >= 4 is 38.2 Å². The largest absolute Gasteiger partial charge is 0.396 e. The van der Waals surface area contributed by atoms with Crippen LogP contribution in [0.25, 0.3) is 10.9 Å². The molecule has 106 valence electrons. The Morgan fingerprint density at radius 3 is 2.81 bits per heavy atom. The number of hydrogen-bond acceptors (Lipinski definition) is 4. The minimum Gasteiger partial charge on any atom is -0.396 e. The van der Waals surface area contributed by atoms with Crippen molar-refractivity contribution in [2.45, 2.75) is 6.54 Å². The van der Waals surface area contributed by atoms with Gasteiger partial charge >= 0.3 is 0 Å². The minimum absolute atomic E-state index is 0.666. The Morgan fingerprint density at radius 2 is 2.05 bits per heavy atom. The first-order valence-corrected chi connectivity index (χ1v) is 7.39. The molecule has 3 rings (SSSR count). The second kappa shape index (κ2) is 5.69. The molecule has 0 unspecified atom stereocenters. The highest BCUT2D eigenvalue weighted by Gasteiger charge is 2.12. The summed E-state index contributed by atoms with van der Waals surface area (Å²) in [7, 11) is 2.01. The fourth-order valence-electron chi connectivity index (χ4n) is 2.41. The normalized spacial score (nSPS) is 10.8. The molecule has 0 atom stereocenters. The van der Waals surface area contributed by atoms with Crippen molar-refractivity contribution < 1.29 is 0 Å². The summed E-state index contributed by atoms with van der Waals surface area (Å²) in [5, 5.41) is 1.03. The molecule has 1 aromatic carbocycles. The zero-order valence-electron chi connectivity index (χ0n) is 11.6. The lowest BCUT2D eigenvalue weighted by Gasteiger charge is -2.22. The molecule has 0 amide bonds. The van der Waals surface area contributed by atoms with Crippen LogP contribution < -0.4 is 10.6 Å². The molecule has 21 heavy (non-hydrogen) atoms. The first-order chi connectivity index (χ1) is 10.1. The molecule has 0 aliphatic carbocycles. The highest BCUT2D eigenvalue weighted by atomic mass is 79.9. The van der Waals surface area contributed by atoms with E-state index in [-0.39, 0.29) is 0 Å². The van der Waals surface area contributed by atoms with E-state index < -0.39 is 0 Å². The summed E-state index contributed by atoms with van der Waals surface area (Å²) in [5.74, 6) is 0. The van der Waals surface area contributed by atoms with E-state index in [1.807, 2.05) is 43.4 Å². The maximum atomic E-state index is 6.15. The molecule has 2 N–H and O–H groups in total. The zero-order valence-corrected chi connectivity index (χ0v) is 13.2. The summed E-state index contributed by atoms with van der Waals surface area (Å²) in [6.07, 6.45) is 3.51. The van der Waals surface area contributed by atoms with E-state index in [1.54, 1.807) is 12.4 Å². The fraction of sp³-hybridized carbons (Fsp3) is 0.125. The number of benzene rings is 1. The first kappa shape index (κ1) is 13.8. The highest BCUT2D eigenvalue weighted by Crippen LogP contribution is 2.33. The van der Waals surface area contributed by atoms with Crippen LogP contribution in [0.5, 0.6) is 0 Å². The Morgan fingerprint density at radius 1 is 1.19 bits per heavy atom. The van der Waals surface area contributed by atoms with E-state index in [1.165, 1.54) is 0 Å². The molecule has 4 nitrogen and oxygen atoms in total. The smallest absolute Gasteiger partial charge is 0.0745 e. The number of nitrogens with zero attached hydrogens (tertiary/aromatic N) is 3. The van der Waals surface area contributed by atoms with Crippen molar-refractivity contribution in [1.82, 2.24) is 9.97 Å². The molecule has 5 heteroatoms. The van der Waals surface area contributed by atoms with Crippen molar-refractivity contribution in [1.29, 1.82) is 0 Å². The van der Waals surface area contributed by atoms with Crippen molar-refractivity contribution in [3.8, 4) is 0 Å². The van der Waals surface area contributed by atoms with Gasteiger partial charge in [0.25, 0.3) is 0 Å². The van der Waals surface area contributed by atoms with Crippen molar-refractivity contribution in [2.24, 2.45) is 0 Å². The van der Waals surface area contributed by atoms with E-state index in [4.69, 9.17) is 5.73 Å². The van der Waals surface area contributed by atoms with Crippen LogP contribution in [0.4, 0.5) is 11.4 Å². The summed E-state index contributed by atoms with van der Waals surface area (Å²) in [5.41, 5.74) is 9.72. The van der Waals surface area contributed by atoms with Crippen LogP contribution in [0.3, 0.4) is 0 Å². The van der Waals surface area contributed by atoms with Gasteiger partial charge in [-0.05, 0) is 30.3 Å². The molecule has 0 saturated heterocycles. The predicted octanol–water partition coefficient (Wildman–Crippen LogP) is 3.61. The van der Waals surface area contributed by atoms with Crippen molar-refractivity contribution in [3.05, 3.63) is 59.0 Å². The third kappa shape index (κ3) is 2.83. The van der Waals surface area contributed by atoms with E-state index in [0.717, 1.165) is 26.8 Å². The molecule has 0 aliphatic heterocycles. The number of pyridine rings is 2. The number of hydrogen-bond donors (Lipinski definition) is 1. The van der Waals surface area contributed by atoms with Gasteiger partial charge in [0.15, 0.2) is 0 Å². The standard InChI is InChI=1S/C16H15BrN4/c1-21(10-12-4-2-3-7-19-12)16-13-8-11(17)5-6-15(13)20-9-14(16)18/h2-9H,10,18H2,1H3. The molecule has 0 spiro atoms. The second-order valence-electron chi connectivity index (χ2n) is 4.90. The van der Waals surface area contributed by atoms with E-state index in [2.05, 4.69) is 30.8 Å². The maximum Gasteiger partial charge on any atom is 0.0745 e. The molecular weight excluding hydrogens is 328 g/mol. The van der Waals surface area contributed by atoms with E-state index in [9.17, 15) is 0 Å². The molecular formula is C16H15BrN4. The Labute approximate surface area is 131 Å². The number of aromatic nitrogens is 2. The van der Waals surface area contributed by atoms with Crippen molar-refractivity contribution in [3.63, 3.8) is 0 Å². The van der Waals surface area contributed by atoms with Crippen LogP contribution in [0.1, 0.15) is 5.69 Å². The molecule has 2 heterocycles. The van der Waals surface area contributed by atoms with E-state index >= 15 is 0 Å². The van der Waals surface area contributed by atoms with Gasteiger partial charge in [-0.2, -0.15) is 0 Å². The van der Waals surface area contributed by atoms with Crippen LogP contribution >= 0.6 is 15.9 Å². The molecule has 3 aromatic rings. The van der Waals surface area contributed by atoms with Gasteiger partial charge < -0.3 is 10.6 Å². The van der Waals surface area contributed by atoms with Gasteiger partial charge in [0, 0.05) is 23.1 Å². The monoisotopic (exact) mass is 342 g/mol. The first-order valence-electron chi connectivity index (χ1n) is 6.60. The number of nitrogen functional groups attached to an aromatic ring is 1. The van der Waals surface area contributed by atoms with Crippen molar-refractivity contribution in [2.75, 3.05) is 17.7 Å². The number of fused-ring (bicyclic) bond motifs is 1. The number of anilines is 2. The van der Waals surface area contributed by atoms with Crippen LogP contribution in [0, 0.1) is 0 Å². The Balaban J connectivity index is 2.06. The predicted molar refractivity (Wildman–Crippen MR) is 90.2 cm³/mol. The molecule has 0 saturated carbocycles. The number of halogens is 1. The third-order valence-corrected chi connectivity index (χ3v) is 3.83. The second-order valence-corrected chi connectivity index (χ2v) is 5.82. The van der Waals surface area contributed by atoms with Crippen LogP contribution in [-0.2, 0) is 6.54 Å². The van der Waals surface area contributed by atoms with Gasteiger partial charge in [-0.1, -0.05) is 22.0 Å². The zero-order chi connectivity index (χ0) is 14.8. The molecule has 0 bridgehead atoms. The average molecular weight is 343 g/mol. The Hall–Kier alpha value is -2.14. The van der Waals surface area contributed by atoms with Gasteiger partial charge in [0.05, 0.1) is 35.3 Å². The number of rotatable bonds is 3. The lowest BCUT2D eigenvalue weighted by atomic mass is 10.1. The molecule has 0 fully saturated rings. The SMILES string of the molecule is CN(Cc1ccccn1)c1c(N)cnc2ccc(Br)cc12. The van der Waals surface area contributed by atoms with Gasteiger partial charge in [-0.3, -0.25) is 9.97 Å². The summed E-state index contributed by atoms with van der Waals surface area (Å²) in [4.78, 5) is 10.9. The van der Waals surface area contributed by atoms with Crippen LogP contribution in [-0.4, -0.2) is 17.0 Å². The van der Waals surface area contributed by atoms with Crippen LogP contribution in [0.15, 0.2) is 53.3 Å². The van der Waals surface area contributed by atoms with Gasteiger partial charge in [0.1, 0.15) is 0 Å². The topological polar surface area (TPSA) is 55.0 Å². The third-order valence-electron chi connectivity index (χ3n) is 3.34. The summed E-state index contributed by atoms with van der Waals surface area (Å²) >= 11 is 3.51. The lowest BCUT2D eigenvalue weighted by Crippen LogP contribution is -2.19. The summed E-state index contributed by atoms with van der Waals surface area (Å²) < 4.78 is 1.01. The molecule has 0 radical (unpaired) electrons. The van der Waals surface area contributed by atoms with E-state index in [0.29, 0.717) is 12.2 Å². The fourth-order valence-corrected chi connectivity index (χ4v) is 2.77. The maximum absolute atomic E-state index is 6.15. The van der Waals surface area contributed by atoms with Crippen LogP contribution in [0.2, 0.25) is 0 Å². The summed E-state index contributed by atoms with van der Waals surface area (Å²) in [6.45, 7) is 0.691. The quantitative estimate of drug-likeness (QED) is 0.789. The minimum atomic E-state index is 0.666. The average Bonchev–Trinajstić information content (AvgIpc) is 2.47. The van der Waals surface area contributed by atoms with Gasteiger partial charge in [-0.25, -0.2) is 0 Å². The number of nitrogens with two attached hydrogens (primary N) is 1.